The highest BCUT2D eigenvalue weighted by molar-refractivity contribution is 7.98. The molecule has 0 fully saturated rings. The van der Waals surface area contributed by atoms with Gasteiger partial charge in [-0.15, -0.1) is 0 Å². The summed E-state index contributed by atoms with van der Waals surface area (Å²) < 4.78 is 0. The zero-order chi connectivity index (χ0) is 18.7. The largest absolute Gasteiger partial charge is 0.509 e. The number of carbonyl (C=O) groups is 3. The van der Waals surface area contributed by atoms with Crippen molar-refractivity contribution in [2.24, 2.45) is 11.3 Å². The van der Waals surface area contributed by atoms with E-state index in [1.165, 1.54) is 6.92 Å². The molecular weight excluding hydrogens is 326 g/mol. The molecule has 0 aromatic heterocycles. The van der Waals surface area contributed by atoms with Gasteiger partial charge in [-0.05, 0) is 43.1 Å². The maximum atomic E-state index is 12.7. The minimum Gasteiger partial charge on any atom is -0.509 e. The molecule has 2 unspecified atom stereocenters. The highest BCUT2D eigenvalue weighted by atomic mass is 32.2. The molecule has 0 saturated carbocycles. The summed E-state index contributed by atoms with van der Waals surface area (Å²) >= 11 is 1.57. The molecule has 0 aliphatic carbocycles. The van der Waals surface area contributed by atoms with Gasteiger partial charge in [-0.3, -0.25) is 19.3 Å². The smallest absolute Gasteiger partial charge is 0.268 e. The summed E-state index contributed by atoms with van der Waals surface area (Å²) in [6.45, 7) is 9.55. The average Bonchev–Trinajstić information content (AvgIpc) is 2.64. The number of nitrogens with zero attached hydrogens (tertiary/aromatic N) is 1. The zero-order valence-corrected chi connectivity index (χ0v) is 16.3. The first kappa shape index (κ1) is 20.7. The van der Waals surface area contributed by atoms with Crippen molar-refractivity contribution < 1.29 is 19.5 Å². The van der Waals surface area contributed by atoms with Crippen LogP contribution in [0.15, 0.2) is 11.3 Å². The molecule has 2 amide bonds. The van der Waals surface area contributed by atoms with Crippen molar-refractivity contribution in [2.75, 3.05) is 12.0 Å². The summed E-state index contributed by atoms with van der Waals surface area (Å²) in [6.07, 6.45) is 3.46. The SMILES string of the molecule is CSCCC1C(O)=C(C(C)=O)C(=O)N1C(=O)CC(C)CC(C)(C)C. The maximum absolute atomic E-state index is 12.7. The van der Waals surface area contributed by atoms with E-state index in [0.29, 0.717) is 12.2 Å². The predicted molar refractivity (Wildman–Crippen MR) is 96.8 cm³/mol. The number of imide groups is 1. The van der Waals surface area contributed by atoms with E-state index in [-0.39, 0.29) is 35.0 Å². The van der Waals surface area contributed by atoms with Gasteiger partial charge in [0.15, 0.2) is 5.78 Å². The monoisotopic (exact) mass is 355 g/mol. The van der Waals surface area contributed by atoms with Crippen LogP contribution in [0.25, 0.3) is 0 Å². The van der Waals surface area contributed by atoms with E-state index < -0.39 is 17.7 Å². The lowest BCUT2D eigenvalue weighted by atomic mass is 9.84. The third-order valence-electron chi connectivity index (χ3n) is 4.02. The molecule has 1 aliphatic heterocycles. The molecule has 5 nitrogen and oxygen atoms in total. The first-order valence-corrected chi connectivity index (χ1v) is 9.68. The number of aliphatic hydroxyl groups excluding tert-OH is 1. The van der Waals surface area contributed by atoms with Crippen molar-refractivity contribution in [3.63, 3.8) is 0 Å². The molecule has 6 heteroatoms. The lowest BCUT2D eigenvalue weighted by Crippen LogP contribution is -2.42. The fraction of sp³-hybridized carbons (Fsp3) is 0.722. The van der Waals surface area contributed by atoms with E-state index >= 15 is 0 Å². The first-order chi connectivity index (χ1) is 11.0. The van der Waals surface area contributed by atoms with Crippen LogP contribution in [0.2, 0.25) is 0 Å². The van der Waals surface area contributed by atoms with Crippen LogP contribution >= 0.6 is 11.8 Å². The number of carbonyl (C=O) groups excluding carboxylic acids is 3. The second kappa shape index (κ2) is 8.19. The van der Waals surface area contributed by atoms with E-state index in [2.05, 4.69) is 20.8 Å². The molecule has 24 heavy (non-hydrogen) atoms. The fourth-order valence-electron chi connectivity index (χ4n) is 3.29. The number of hydrogen-bond acceptors (Lipinski definition) is 5. The number of thioether (sulfide) groups is 1. The highest BCUT2D eigenvalue weighted by Crippen LogP contribution is 2.31. The van der Waals surface area contributed by atoms with Crippen LogP contribution in [0.4, 0.5) is 0 Å². The fourth-order valence-corrected chi connectivity index (χ4v) is 3.75. The summed E-state index contributed by atoms with van der Waals surface area (Å²) in [5, 5.41) is 10.3. The maximum Gasteiger partial charge on any atom is 0.268 e. The van der Waals surface area contributed by atoms with Crippen molar-refractivity contribution in [1.82, 2.24) is 4.90 Å². The Kier molecular flexibility index (Phi) is 7.08. The van der Waals surface area contributed by atoms with Gasteiger partial charge in [-0.1, -0.05) is 27.7 Å². The lowest BCUT2D eigenvalue weighted by Gasteiger charge is -2.27. The number of hydrogen-bond donors (Lipinski definition) is 1. The van der Waals surface area contributed by atoms with Gasteiger partial charge in [0, 0.05) is 6.42 Å². The van der Waals surface area contributed by atoms with Crippen molar-refractivity contribution in [2.45, 2.75) is 59.9 Å². The summed E-state index contributed by atoms with van der Waals surface area (Å²) in [5.41, 5.74) is -0.143. The van der Waals surface area contributed by atoms with Gasteiger partial charge < -0.3 is 5.11 Å². The van der Waals surface area contributed by atoms with Crippen LogP contribution in [-0.4, -0.2) is 45.7 Å². The van der Waals surface area contributed by atoms with Crippen LogP contribution < -0.4 is 0 Å². The Bertz CT molecular complexity index is 548. The molecule has 0 radical (unpaired) electrons. The van der Waals surface area contributed by atoms with E-state index in [4.69, 9.17) is 0 Å². The standard InChI is InChI=1S/C18H29NO4S/c1-11(10-18(3,4)5)9-14(21)19-13(7-8-24-6)16(22)15(12(2)20)17(19)23/h11,13,22H,7-10H2,1-6H3. The second-order valence-electron chi connectivity index (χ2n) is 7.76. The van der Waals surface area contributed by atoms with Gasteiger partial charge >= 0.3 is 0 Å². The Morgan fingerprint density at radius 2 is 1.92 bits per heavy atom. The average molecular weight is 356 g/mol. The molecule has 0 spiro atoms. The lowest BCUT2D eigenvalue weighted by molar-refractivity contribution is -0.144. The van der Waals surface area contributed by atoms with E-state index in [9.17, 15) is 19.5 Å². The molecule has 136 valence electrons. The molecule has 1 heterocycles. The Balaban J connectivity index is 2.96. The molecule has 1 rings (SSSR count). The van der Waals surface area contributed by atoms with Crippen molar-refractivity contribution in [1.29, 1.82) is 0 Å². The summed E-state index contributed by atoms with van der Waals surface area (Å²) in [6, 6.07) is -0.710. The molecule has 1 N–H and O–H groups in total. The third-order valence-corrected chi connectivity index (χ3v) is 4.66. The van der Waals surface area contributed by atoms with E-state index in [0.717, 1.165) is 11.3 Å². The predicted octanol–water partition coefficient (Wildman–Crippen LogP) is 3.34. The van der Waals surface area contributed by atoms with Crippen molar-refractivity contribution in [3.05, 3.63) is 11.3 Å². The van der Waals surface area contributed by atoms with Gasteiger partial charge in [0.1, 0.15) is 11.3 Å². The summed E-state index contributed by atoms with van der Waals surface area (Å²) in [7, 11) is 0. The number of Topliss-reactive ketones (excluding diaryl/α,β-unsaturated/α-hetero) is 1. The van der Waals surface area contributed by atoms with Crippen molar-refractivity contribution >= 4 is 29.4 Å². The van der Waals surface area contributed by atoms with Crippen LogP contribution in [0, 0.1) is 11.3 Å². The first-order valence-electron chi connectivity index (χ1n) is 8.29. The topological polar surface area (TPSA) is 74.7 Å². The van der Waals surface area contributed by atoms with Crippen molar-refractivity contribution in [3.8, 4) is 0 Å². The van der Waals surface area contributed by atoms with Gasteiger partial charge in [-0.25, -0.2) is 0 Å². The van der Waals surface area contributed by atoms with Gasteiger partial charge in [0.25, 0.3) is 5.91 Å². The van der Waals surface area contributed by atoms with E-state index in [1.807, 2.05) is 13.2 Å². The van der Waals surface area contributed by atoms with Crippen LogP contribution in [-0.2, 0) is 14.4 Å². The van der Waals surface area contributed by atoms with Crippen LogP contribution in [0.1, 0.15) is 53.9 Å². The molecule has 0 saturated heterocycles. The number of amides is 2. The molecule has 1 aliphatic rings. The molecule has 0 aromatic carbocycles. The number of ketones is 1. The molecular formula is C18H29NO4S. The summed E-state index contributed by atoms with van der Waals surface area (Å²) in [5.74, 6) is -0.906. The Labute approximate surface area is 148 Å². The molecule has 0 aromatic rings. The minimum atomic E-state index is -0.710. The zero-order valence-electron chi connectivity index (χ0n) is 15.5. The quantitative estimate of drug-likeness (QED) is 0.709. The van der Waals surface area contributed by atoms with E-state index in [1.54, 1.807) is 11.8 Å². The molecule has 2 atom stereocenters. The van der Waals surface area contributed by atoms with Crippen LogP contribution in [0.5, 0.6) is 0 Å². The highest BCUT2D eigenvalue weighted by Gasteiger charge is 2.44. The van der Waals surface area contributed by atoms with Crippen LogP contribution in [0.3, 0.4) is 0 Å². The number of aliphatic hydroxyl groups is 1. The van der Waals surface area contributed by atoms with Gasteiger partial charge in [0.05, 0.1) is 6.04 Å². The third kappa shape index (κ3) is 5.10. The van der Waals surface area contributed by atoms with Gasteiger partial charge in [-0.2, -0.15) is 11.8 Å². The Hall–Kier alpha value is -1.30. The minimum absolute atomic E-state index is 0.0951. The molecule has 0 bridgehead atoms. The Morgan fingerprint density at radius 1 is 1.33 bits per heavy atom. The second-order valence-corrected chi connectivity index (χ2v) is 8.74. The summed E-state index contributed by atoms with van der Waals surface area (Å²) in [4.78, 5) is 38.0. The number of rotatable bonds is 7. The Morgan fingerprint density at radius 3 is 2.38 bits per heavy atom. The van der Waals surface area contributed by atoms with Gasteiger partial charge in [0.2, 0.25) is 5.91 Å². The normalized spacial score (nSPS) is 19.8.